The number of para-hydroxylation sites is 2. The standard InChI is InChI=1S/C11H16N2O2/c12-7-11(5-6-15-8-11)13-9-3-1-2-4-10(9)14/h1-4,13-14H,5-8,12H2. The van der Waals surface area contributed by atoms with Crippen LogP contribution in [-0.2, 0) is 4.74 Å². The van der Waals surface area contributed by atoms with E-state index in [9.17, 15) is 5.11 Å². The van der Waals surface area contributed by atoms with Gasteiger partial charge >= 0.3 is 0 Å². The van der Waals surface area contributed by atoms with Crippen molar-refractivity contribution in [2.45, 2.75) is 12.0 Å². The third-order valence-electron chi connectivity index (χ3n) is 2.80. The van der Waals surface area contributed by atoms with E-state index in [0.29, 0.717) is 18.8 Å². The van der Waals surface area contributed by atoms with Gasteiger partial charge in [-0.3, -0.25) is 0 Å². The molecule has 0 spiro atoms. The Morgan fingerprint density at radius 2 is 2.27 bits per heavy atom. The van der Waals surface area contributed by atoms with Crippen LogP contribution in [0.4, 0.5) is 5.69 Å². The fourth-order valence-corrected chi connectivity index (χ4v) is 1.78. The molecule has 1 aliphatic heterocycles. The molecule has 82 valence electrons. The summed E-state index contributed by atoms with van der Waals surface area (Å²) in [5, 5.41) is 12.9. The summed E-state index contributed by atoms with van der Waals surface area (Å²) >= 11 is 0. The maximum atomic E-state index is 9.64. The summed E-state index contributed by atoms with van der Waals surface area (Å²) in [5.41, 5.74) is 6.24. The van der Waals surface area contributed by atoms with Crippen LogP contribution in [0.15, 0.2) is 24.3 Å². The first-order valence-corrected chi connectivity index (χ1v) is 5.10. The van der Waals surface area contributed by atoms with Crippen LogP contribution in [0.5, 0.6) is 5.75 Å². The molecule has 0 aromatic heterocycles. The van der Waals surface area contributed by atoms with Gasteiger partial charge < -0.3 is 20.9 Å². The fourth-order valence-electron chi connectivity index (χ4n) is 1.78. The molecule has 1 aromatic rings. The molecule has 1 fully saturated rings. The number of rotatable bonds is 3. The first kappa shape index (κ1) is 10.3. The number of phenolic OH excluding ortho intramolecular Hbond substituents is 1. The zero-order valence-electron chi connectivity index (χ0n) is 8.57. The lowest BCUT2D eigenvalue weighted by Gasteiger charge is -2.28. The molecule has 1 aliphatic rings. The molecule has 4 N–H and O–H groups in total. The molecule has 4 heteroatoms. The SMILES string of the molecule is NCC1(Nc2ccccc2O)CCOC1. The highest BCUT2D eigenvalue weighted by molar-refractivity contribution is 5.57. The van der Waals surface area contributed by atoms with Crippen LogP contribution >= 0.6 is 0 Å². The number of benzene rings is 1. The number of nitrogens with two attached hydrogens (primary N) is 1. The summed E-state index contributed by atoms with van der Waals surface area (Å²) in [6.07, 6.45) is 0.873. The predicted molar refractivity (Wildman–Crippen MR) is 59.0 cm³/mol. The first-order chi connectivity index (χ1) is 7.26. The van der Waals surface area contributed by atoms with Crippen LogP contribution in [0, 0.1) is 0 Å². The van der Waals surface area contributed by atoms with Crippen LogP contribution in [0.1, 0.15) is 6.42 Å². The van der Waals surface area contributed by atoms with Crippen molar-refractivity contribution in [3.05, 3.63) is 24.3 Å². The molecule has 1 aromatic carbocycles. The Balaban J connectivity index is 2.16. The summed E-state index contributed by atoms with van der Waals surface area (Å²) < 4.78 is 5.34. The molecule has 0 saturated carbocycles. The summed E-state index contributed by atoms with van der Waals surface area (Å²) in [7, 11) is 0. The van der Waals surface area contributed by atoms with Crippen LogP contribution in [0.2, 0.25) is 0 Å². The van der Waals surface area contributed by atoms with E-state index < -0.39 is 0 Å². The number of ether oxygens (including phenoxy) is 1. The van der Waals surface area contributed by atoms with Crippen LogP contribution in [0.25, 0.3) is 0 Å². The van der Waals surface area contributed by atoms with Gasteiger partial charge in [0.2, 0.25) is 0 Å². The van der Waals surface area contributed by atoms with Gasteiger partial charge in [-0.2, -0.15) is 0 Å². The van der Waals surface area contributed by atoms with Crippen LogP contribution in [-0.4, -0.2) is 30.4 Å². The lowest BCUT2D eigenvalue weighted by atomic mass is 9.98. The van der Waals surface area contributed by atoms with Gasteiger partial charge in [-0.15, -0.1) is 0 Å². The van der Waals surface area contributed by atoms with E-state index in [1.807, 2.05) is 12.1 Å². The van der Waals surface area contributed by atoms with Gasteiger partial charge in [0.1, 0.15) is 5.75 Å². The second kappa shape index (κ2) is 4.08. The highest BCUT2D eigenvalue weighted by Crippen LogP contribution is 2.28. The Labute approximate surface area is 89.0 Å². The van der Waals surface area contributed by atoms with Crippen LogP contribution in [0.3, 0.4) is 0 Å². The van der Waals surface area contributed by atoms with Crippen molar-refractivity contribution in [2.24, 2.45) is 5.73 Å². The molecule has 1 unspecified atom stereocenters. The number of anilines is 1. The van der Waals surface area contributed by atoms with Crippen molar-refractivity contribution in [1.82, 2.24) is 0 Å². The number of aromatic hydroxyl groups is 1. The Bertz CT molecular complexity index is 335. The topological polar surface area (TPSA) is 67.5 Å². The number of nitrogens with one attached hydrogen (secondary N) is 1. The summed E-state index contributed by atoms with van der Waals surface area (Å²) in [6.45, 7) is 1.82. The quantitative estimate of drug-likeness (QED) is 0.646. The van der Waals surface area contributed by atoms with E-state index in [1.54, 1.807) is 12.1 Å². The minimum atomic E-state index is -0.223. The van der Waals surface area contributed by atoms with E-state index >= 15 is 0 Å². The summed E-state index contributed by atoms with van der Waals surface area (Å²) in [6, 6.07) is 7.16. The highest BCUT2D eigenvalue weighted by Gasteiger charge is 2.33. The monoisotopic (exact) mass is 208 g/mol. The number of phenols is 1. The molecular weight excluding hydrogens is 192 g/mol. The van der Waals surface area contributed by atoms with Gasteiger partial charge in [0.05, 0.1) is 17.8 Å². The molecule has 0 amide bonds. The van der Waals surface area contributed by atoms with Crippen molar-refractivity contribution >= 4 is 5.69 Å². The Morgan fingerprint density at radius 1 is 1.47 bits per heavy atom. The molecule has 0 radical (unpaired) electrons. The van der Waals surface area contributed by atoms with Gasteiger partial charge in [0.15, 0.2) is 0 Å². The zero-order valence-corrected chi connectivity index (χ0v) is 8.57. The van der Waals surface area contributed by atoms with E-state index in [1.165, 1.54) is 0 Å². The van der Waals surface area contributed by atoms with Gasteiger partial charge in [-0.05, 0) is 18.6 Å². The second-order valence-corrected chi connectivity index (χ2v) is 3.93. The Morgan fingerprint density at radius 3 is 2.87 bits per heavy atom. The fraction of sp³-hybridized carbons (Fsp3) is 0.455. The summed E-state index contributed by atoms with van der Waals surface area (Å²) in [4.78, 5) is 0. The normalized spacial score (nSPS) is 25.4. The molecule has 4 nitrogen and oxygen atoms in total. The largest absolute Gasteiger partial charge is 0.506 e. The van der Waals surface area contributed by atoms with Crippen molar-refractivity contribution < 1.29 is 9.84 Å². The predicted octanol–water partition coefficient (Wildman–Crippen LogP) is 0.922. The average molecular weight is 208 g/mol. The van der Waals surface area contributed by atoms with Crippen molar-refractivity contribution in [3.63, 3.8) is 0 Å². The van der Waals surface area contributed by atoms with Gasteiger partial charge in [0.25, 0.3) is 0 Å². The van der Waals surface area contributed by atoms with E-state index in [4.69, 9.17) is 10.5 Å². The Kier molecular flexibility index (Phi) is 2.79. The lowest BCUT2D eigenvalue weighted by Crippen LogP contribution is -2.46. The average Bonchev–Trinajstić information content (AvgIpc) is 2.71. The second-order valence-electron chi connectivity index (χ2n) is 3.93. The Hall–Kier alpha value is -1.26. The molecule has 0 aliphatic carbocycles. The minimum absolute atomic E-state index is 0.223. The number of hydrogen-bond donors (Lipinski definition) is 3. The van der Waals surface area contributed by atoms with Crippen molar-refractivity contribution in [2.75, 3.05) is 25.1 Å². The minimum Gasteiger partial charge on any atom is -0.506 e. The van der Waals surface area contributed by atoms with E-state index in [2.05, 4.69) is 5.32 Å². The molecule has 2 rings (SSSR count). The molecule has 1 saturated heterocycles. The molecular formula is C11H16N2O2. The first-order valence-electron chi connectivity index (χ1n) is 5.10. The molecule has 0 bridgehead atoms. The maximum absolute atomic E-state index is 9.64. The van der Waals surface area contributed by atoms with Gasteiger partial charge in [0, 0.05) is 13.2 Å². The van der Waals surface area contributed by atoms with Crippen molar-refractivity contribution in [3.8, 4) is 5.75 Å². The number of hydrogen-bond acceptors (Lipinski definition) is 4. The molecule has 1 atom stereocenters. The highest BCUT2D eigenvalue weighted by atomic mass is 16.5. The molecule has 1 heterocycles. The van der Waals surface area contributed by atoms with Gasteiger partial charge in [-0.1, -0.05) is 12.1 Å². The smallest absolute Gasteiger partial charge is 0.138 e. The van der Waals surface area contributed by atoms with E-state index in [0.717, 1.165) is 13.0 Å². The van der Waals surface area contributed by atoms with Crippen molar-refractivity contribution in [1.29, 1.82) is 0 Å². The molecule has 15 heavy (non-hydrogen) atoms. The summed E-state index contributed by atoms with van der Waals surface area (Å²) in [5.74, 6) is 0.247. The third-order valence-corrected chi connectivity index (χ3v) is 2.80. The maximum Gasteiger partial charge on any atom is 0.138 e. The van der Waals surface area contributed by atoms with E-state index in [-0.39, 0.29) is 11.3 Å². The zero-order chi connectivity index (χ0) is 10.7. The lowest BCUT2D eigenvalue weighted by molar-refractivity contribution is 0.183. The van der Waals surface area contributed by atoms with Gasteiger partial charge in [-0.25, -0.2) is 0 Å². The third kappa shape index (κ3) is 2.06. The van der Waals surface area contributed by atoms with Crippen LogP contribution < -0.4 is 11.1 Å².